The summed E-state index contributed by atoms with van der Waals surface area (Å²) < 4.78 is 11.8. The van der Waals surface area contributed by atoms with Crippen molar-refractivity contribution in [2.75, 3.05) is 26.1 Å². The van der Waals surface area contributed by atoms with E-state index in [1.165, 1.54) is 0 Å². The summed E-state index contributed by atoms with van der Waals surface area (Å²) in [6, 6.07) is 5.24. The molecule has 0 unspecified atom stereocenters. The van der Waals surface area contributed by atoms with E-state index in [9.17, 15) is 5.11 Å². The van der Waals surface area contributed by atoms with Crippen LogP contribution in [0.1, 0.15) is 5.56 Å². The molecule has 6 nitrogen and oxygen atoms in total. The van der Waals surface area contributed by atoms with Gasteiger partial charge in [-0.1, -0.05) is 0 Å². The first kappa shape index (κ1) is 14.2. The number of rotatable bonds is 7. The monoisotopic (exact) mass is 277 g/mol. The zero-order valence-electron chi connectivity index (χ0n) is 11.7. The van der Waals surface area contributed by atoms with Crippen molar-refractivity contribution < 1.29 is 14.6 Å². The lowest BCUT2D eigenvalue weighted by Gasteiger charge is -2.08. The largest absolute Gasteiger partial charge is 0.507 e. The fourth-order valence-electron chi connectivity index (χ4n) is 1.78. The molecule has 2 aromatic rings. The van der Waals surface area contributed by atoms with E-state index in [0.717, 1.165) is 11.3 Å². The van der Waals surface area contributed by atoms with Gasteiger partial charge in [-0.3, -0.25) is 4.68 Å². The Kier molecular flexibility index (Phi) is 4.84. The second-order valence-corrected chi connectivity index (χ2v) is 4.33. The highest BCUT2D eigenvalue weighted by molar-refractivity contribution is 5.44. The Labute approximate surface area is 117 Å². The number of aromatic nitrogens is 2. The van der Waals surface area contributed by atoms with Crippen LogP contribution in [0.5, 0.6) is 11.5 Å². The van der Waals surface area contributed by atoms with E-state index in [1.54, 1.807) is 31.2 Å². The molecule has 0 saturated heterocycles. The third-order valence-electron chi connectivity index (χ3n) is 2.93. The summed E-state index contributed by atoms with van der Waals surface area (Å²) in [5.41, 5.74) is 1.70. The Morgan fingerprint density at radius 2 is 2.20 bits per heavy atom. The number of anilines is 1. The van der Waals surface area contributed by atoms with Gasteiger partial charge in [-0.15, -0.1) is 0 Å². The molecule has 0 saturated carbocycles. The minimum atomic E-state index is 0.212. The molecule has 0 bridgehead atoms. The number of phenolic OH excluding ortho intramolecular Hbond substituents is 1. The van der Waals surface area contributed by atoms with E-state index < -0.39 is 0 Å². The molecule has 0 aliphatic rings. The molecule has 0 amide bonds. The fraction of sp³-hybridized carbons (Fsp3) is 0.357. The minimum Gasteiger partial charge on any atom is -0.507 e. The summed E-state index contributed by atoms with van der Waals surface area (Å²) in [4.78, 5) is 0. The predicted octanol–water partition coefficient (Wildman–Crippen LogP) is 1.86. The molecule has 108 valence electrons. The van der Waals surface area contributed by atoms with Gasteiger partial charge in [0.05, 0.1) is 32.1 Å². The van der Waals surface area contributed by atoms with Gasteiger partial charge in [0.15, 0.2) is 0 Å². The summed E-state index contributed by atoms with van der Waals surface area (Å²) in [6.45, 7) is 1.86. The Bertz CT molecular complexity index is 554. The first-order chi connectivity index (χ1) is 9.72. The topological polar surface area (TPSA) is 68.5 Å². The number of nitrogens with one attached hydrogen (secondary N) is 1. The van der Waals surface area contributed by atoms with Gasteiger partial charge in [-0.05, 0) is 12.1 Å². The van der Waals surface area contributed by atoms with Crippen LogP contribution in [0.3, 0.4) is 0 Å². The van der Waals surface area contributed by atoms with Crippen molar-refractivity contribution >= 4 is 5.69 Å². The lowest BCUT2D eigenvalue weighted by atomic mass is 10.2. The molecule has 2 N–H and O–H groups in total. The van der Waals surface area contributed by atoms with Gasteiger partial charge in [0.2, 0.25) is 0 Å². The zero-order chi connectivity index (χ0) is 14.4. The maximum absolute atomic E-state index is 9.86. The molecular weight excluding hydrogens is 258 g/mol. The number of benzene rings is 1. The SMILES string of the molecule is COCCn1cc(NCc2ccc(OC)cc2O)cn1. The summed E-state index contributed by atoms with van der Waals surface area (Å²) in [5.74, 6) is 0.849. The second-order valence-electron chi connectivity index (χ2n) is 4.33. The van der Waals surface area contributed by atoms with Gasteiger partial charge in [-0.25, -0.2) is 0 Å². The molecule has 0 atom stereocenters. The maximum atomic E-state index is 9.86. The van der Waals surface area contributed by atoms with Crippen LogP contribution in [-0.4, -0.2) is 35.7 Å². The van der Waals surface area contributed by atoms with Gasteiger partial charge in [-0.2, -0.15) is 5.10 Å². The Morgan fingerprint density at radius 3 is 2.90 bits per heavy atom. The van der Waals surface area contributed by atoms with Gasteiger partial charge < -0.3 is 19.9 Å². The molecule has 6 heteroatoms. The predicted molar refractivity (Wildman–Crippen MR) is 76.1 cm³/mol. The van der Waals surface area contributed by atoms with Crippen LogP contribution >= 0.6 is 0 Å². The number of hydrogen-bond donors (Lipinski definition) is 2. The van der Waals surface area contributed by atoms with Crippen molar-refractivity contribution in [3.8, 4) is 11.5 Å². The molecule has 0 aliphatic carbocycles. The highest BCUT2D eigenvalue weighted by atomic mass is 16.5. The molecular formula is C14H19N3O3. The smallest absolute Gasteiger partial charge is 0.124 e. The van der Waals surface area contributed by atoms with Gasteiger partial charge >= 0.3 is 0 Å². The van der Waals surface area contributed by atoms with Gasteiger partial charge in [0.1, 0.15) is 11.5 Å². The maximum Gasteiger partial charge on any atom is 0.124 e. The third-order valence-corrected chi connectivity index (χ3v) is 2.93. The molecule has 1 aromatic heterocycles. The van der Waals surface area contributed by atoms with Gasteiger partial charge in [0, 0.05) is 31.5 Å². The quantitative estimate of drug-likeness (QED) is 0.808. The number of hydrogen-bond acceptors (Lipinski definition) is 5. The van der Waals surface area contributed by atoms with Crippen LogP contribution in [0.15, 0.2) is 30.6 Å². The first-order valence-corrected chi connectivity index (χ1v) is 6.34. The lowest BCUT2D eigenvalue weighted by Crippen LogP contribution is -2.04. The summed E-state index contributed by atoms with van der Waals surface area (Å²) in [6.07, 6.45) is 3.65. The molecule has 0 aliphatic heterocycles. The molecule has 1 aromatic carbocycles. The van der Waals surface area contributed by atoms with E-state index in [4.69, 9.17) is 9.47 Å². The van der Waals surface area contributed by atoms with Crippen molar-refractivity contribution in [3.05, 3.63) is 36.2 Å². The fourth-order valence-corrected chi connectivity index (χ4v) is 1.78. The number of nitrogens with zero attached hydrogens (tertiary/aromatic N) is 2. The summed E-state index contributed by atoms with van der Waals surface area (Å²) >= 11 is 0. The van der Waals surface area contributed by atoms with Gasteiger partial charge in [0.25, 0.3) is 0 Å². The molecule has 0 radical (unpaired) electrons. The van der Waals surface area contributed by atoms with Crippen LogP contribution in [0.4, 0.5) is 5.69 Å². The van der Waals surface area contributed by atoms with Crippen molar-refractivity contribution in [1.82, 2.24) is 9.78 Å². The van der Waals surface area contributed by atoms with E-state index in [1.807, 2.05) is 18.3 Å². The Morgan fingerprint density at radius 1 is 1.35 bits per heavy atom. The van der Waals surface area contributed by atoms with Crippen LogP contribution < -0.4 is 10.1 Å². The summed E-state index contributed by atoms with van der Waals surface area (Å²) in [7, 11) is 3.23. The lowest BCUT2D eigenvalue weighted by molar-refractivity contribution is 0.183. The molecule has 20 heavy (non-hydrogen) atoms. The average molecular weight is 277 g/mol. The third kappa shape index (κ3) is 3.64. The van der Waals surface area contributed by atoms with Crippen LogP contribution in [0.25, 0.3) is 0 Å². The van der Waals surface area contributed by atoms with E-state index in [-0.39, 0.29) is 5.75 Å². The van der Waals surface area contributed by atoms with E-state index in [0.29, 0.717) is 25.4 Å². The standard InChI is InChI=1S/C14H19N3O3/c1-19-6-5-17-10-12(9-16-17)15-8-11-3-4-13(20-2)7-14(11)18/h3-4,7,9-10,15,18H,5-6,8H2,1-2H3. The second kappa shape index (κ2) is 6.81. The molecule has 0 fully saturated rings. The number of methoxy groups -OCH3 is 2. The average Bonchev–Trinajstić information content (AvgIpc) is 2.91. The van der Waals surface area contributed by atoms with E-state index >= 15 is 0 Å². The Hall–Kier alpha value is -2.21. The molecule has 0 spiro atoms. The van der Waals surface area contributed by atoms with Crippen LogP contribution in [0, 0.1) is 0 Å². The molecule has 1 heterocycles. The van der Waals surface area contributed by atoms with Crippen molar-refractivity contribution in [3.63, 3.8) is 0 Å². The first-order valence-electron chi connectivity index (χ1n) is 6.34. The van der Waals surface area contributed by atoms with Crippen LogP contribution in [-0.2, 0) is 17.8 Å². The molecule has 2 rings (SSSR count). The number of ether oxygens (including phenoxy) is 2. The highest BCUT2D eigenvalue weighted by Gasteiger charge is 2.04. The normalized spacial score (nSPS) is 10.5. The minimum absolute atomic E-state index is 0.212. The highest BCUT2D eigenvalue weighted by Crippen LogP contribution is 2.24. The number of aromatic hydroxyl groups is 1. The van der Waals surface area contributed by atoms with Crippen molar-refractivity contribution in [1.29, 1.82) is 0 Å². The van der Waals surface area contributed by atoms with Crippen molar-refractivity contribution in [2.45, 2.75) is 13.1 Å². The van der Waals surface area contributed by atoms with Crippen molar-refractivity contribution in [2.24, 2.45) is 0 Å². The Balaban J connectivity index is 1.93. The van der Waals surface area contributed by atoms with Crippen LogP contribution in [0.2, 0.25) is 0 Å². The zero-order valence-corrected chi connectivity index (χ0v) is 11.7. The summed E-state index contributed by atoms with van der Waals surface area (Å²) in [5, 5.41) is 17.3. The van der Waals surface area contributed by atoms with E-state index in [2.05, 4.69) is 10.4 Å². The number of phenols is 1.